The molecule has 2 heterocycles. The van der Waals surface area contributed by atoms with E-state index in [1.807, 2.05) is 86.6 Å². The van der Waals surface area contributed by atoms with Gasteiger partial charge in [-0.25, -0.2) is 4.68 Å². The molecule has 0 aliphatic carbocycles. The highest BCUT2D eigenvalue weighted by molar-refractivity contribution is 7.99. The van der Waals surface area contributed by atoms with Gasteiger partial charge in [-0.1, -0.05) is 72.8 Å². The van der Waals surface area contributed by atoms with E-state index in [1.165, 1.54) is 0 Å². The van der Waals surface area contributed by atoms with Gasteiger partial charge >= 0.3 is 0 Å². The zero-order valence-electron chi connectivity index (χ0n) is 22.1. The number of aromatic nitrogens is 3. The minimum absolute atomic E-state index is 0.198. The highest BCUT2D eigenvalue weighted by atomic mass is 35.5. The second kappa shape index (κ2) is 12.0. The molecule has 0 saturated heterocycles. The Morgan fingerprint density at radius 1 is 1.10 bits per heavy atom. The van der Waals surface area contributed by atoms with Crippen LogP contribution in [0.15, 0.2) is 89.2 Å². The van der Waals surface area contributed by atoms with Crippen LogP contribution in [-0.4, -0.2) is 26.4 Å². The number of aryl methyl sites for hydroxylation is 1. The van der Waals surface area contributed by atoms with Crippen molar-refractivity contribution in [1.82, 2.24) is 14.8 Å². The lowest BCUT2D eigenvalue weighted by atomic mass is 9.94. The van der Waals surface area contributed by atoms with E-state index in [1.54, 1.807) is 16.4 Å². The molecule has 0 radical (unpaired) electrons. The van der Waals surface area contributed by atoms with Crippen molar-refractivity contribution in [2.24, 2.45) is 0 Å². The lowest BCUT2D eigenvalue weighted by Gasteiger charge is -2.29. The first-order chi connectivity index (χ1) is 18.9. The molecule has 3 aromatic carbocycles. The number of hydrogen-bond donors (Lipinski definition) is 2. The molecule has 0 saturated carbocycles. The first-order valence-corrected chi connectivity index (χ1v) is 14.2. The number of hydrogen-bond acceptors (Lipinski definition) is 6. The number of carbonyl (C=O) groups is 1. The molecule has 1 aliphatic rings. The van der Waals surface area contributed by atoms with Crippen LogP contribution in [0.2, 0.25) is 5.02 Å². The Bertz CT molecular complexity index is 1520. The third kappa shape index (κ3) is 6.13. The van der Waals surface area contributed by atoms with Crippen LogP contribution in [-0.2, 0) is 11.4 Å². The minimum atomic E-state index is -0.493. The van der Waals surface area contributed by atoms with Crippen LogP contribution in [0.1, 0.15) is 43.0 Å². The average Bonchev–Trinajstić information content (AvgIpc) is 3.34. The highest BCUT2D eigenvalue weighted by Gasteiger charge is 2.34. The van der Waals surface area contributed by atoms with Crippen LogP contribution in [0.5, 0.6) is 5.75 Å². The average molecular weight is 560 g/mol. The van der Waals surface area contributed by atoms with E-state index in [0.717, 1.165) is 40.2 Å². The third-order valence-electron chi connectivity index (χ3n) is 6.40. The van der Waals surface area contributed by atoms with Gasteiger partial charge in [0.15, 0.2) is 0 Å². The lowest BCUT2D eigenvalue weighted by molar-refractivity contribution is -0.113. The summed E-state index contributed by atoms with van der Waals surface area (Å²) in [6.07, 6.45) is 1.01. The van der Waals surface area contributed by atoms with E-state index in [0.29, 0.717) is 34.1 Å². The Labute approximate surface area is 237 Å². The van der Waals surface area contributed by atoms with Gasteiger partial charge in [0, 0.05) is 22.2 Å². The number of halogens is 1. The summed E-state index contributed by atoms with van der Waals surface area (Å²) in [4.78, 5) is 18.5. The highest BCUT2D eigenvalue weighted by Crippen LogP contribution is 2.38. The molecule has 5 rings (SSSR count). The molecular formula is C30H30ClN5O2S. The van der Waals surface area contributed by atoms with Gasteiger partial charge in [0.1, 0.15) is 18.4 Å². The molecule has 200 valence electrons. The fourth-order valence-electron chi connectivity index (χ4n) is 4.41. The summed E-state index contributed by atoms with van der Waals surface area (Å²) < 4.78 is 7.92. The molecular weight excluding hydrogens is 530 g/mol. The number of amides is 1. The molecule has 2 N–H and O–H groups in total. The van der Waals surface area contributed by atoms with E-state index in [9.17, 15) is 4.79 Å². The number of nitrogens with zero attached hydrogens (tertiary/aromatic N) is 3. The number of fused-ring (bicyclic) bond motifs is 1. The molecule has 1 aromatic heterocycles. The Morgan fingerprint density at radius 3 is 2.67 bits per heavy atom. The monoisotopic (exact) mass is 559 g/mol. The maximum Gasteiger partial charge on any atom is 0.255 e. The molecule has 1 aliphatic heterocycles. The first-order valence-electron chi connectivity index (χ1n) is 12.8. The number of anilines is 2. The first kappa shape index (κ1) is 26.8. The number of benzene rings is 3. The van der Waals surface area contributed by atoms with Crippen LogP contribution in [0.25, 0.3) is 0 Å². The van der Waals surface area contributed by atoms with E-state index in [2.05, 4.69) is 17.6 Å². The van der Waals surface area contributed by atoms with E-state index >= 15 is 0 Å². The Hall–Kier alpha value is -3.75. The van der Waals surface area contributed by atoms with E-state index in [-0.39, 0.29) is 5.91 Å². The normalized spacial score (nSPS) is 14.5. The van der Waals surface area contributed by atoms with Gasteiger partial charge in [-0.2, -0.15) is 4.98 Å². The molecule has 0 spiro atoms. The van der Waals surface area contributed by atoms with Crippen molar-refractivity contribution in [3.63, 3.8) is 0 Å². The van der Waals surface area contributed by atoms with Crippen molar-refractivity contribution < 1.29 is 9.53 Å². The number of allylic oxidation sites excluding steroid dienone is 1. The smallest absolute Gasteiger partial charge is 0.255 e. The predicted octanol–water partition coefficient (Wildman–Crippen LogP) is 7.25. The quantitative estimate of drug-likeness (QED) is 0.210. The number of carbonyl (C=O) groups excluding carboxylic acids is 1. The standard InChI is InChI=1S/C30H30ClN5O2S/c1-4-16-39-30-34-29-32-20(3)26(28(37)33-25-11-6-5-8-19(25)2)27(36(29)35-30)22-9-7-10-24(17-22)38-18-21-12-14-23(31)15-13-21/h5-15,17,27H,4,16,18H2,1-3H3,(H,33,37)(H,32,34,35). The molecule has 1 unspecified atom stereocenters. The summed E-state index contributed by atoms with van der Waals surface area (Å²) in [5.74, 6) is 2.01. The molecule has 7 nitrogen and oxygen atoms in total. The number of rotatable bonds is 9. The van der Waals surface area contributed by atoms with E-state index < -0.39 is 6.04 Å². The second-order valence-electron chi connectivity index (χ2n) is 9.33. The lowest BCUT2D eigenvalue weighted by Crippen LogP contribution is -2.31. The summed E-state index contributed by atoms with van der Waals surface area (Å²) in [7, 11) is 0. The zero-order chi connectivity index (χ0) is 27.4. The van der Waals surface area contributed by atoms with Crippen molar-refractivity contribution in [2.45, 2.75) is 45.0 Å². The number of thioether (sulfide) groups is 1. The summed E-state index contributed by atoms with van der Waals surface area (Å²) in [5.41, 5.74) is 4.93. The third-order valence-corrected chi connectivity index (χ3v) is 7.69. The van der Waals surface area contributed by atoms with Crippen LogP contribution in [0, 0.1) is 6.92 Å². The van der Waals surface area contributed by atoms with Gasteiger partial charge in [-0.15, -0.1) is 5.10 Å². The van der Waals surface area contributed by atoms with Gasteiger partial charge in [0.25, 0.3) is 5.91 Å². The Kier molecular flexibility index (Phi) is 8.24. The van der Waals surface area contributed by atoms with Gasteiger partial charge in [0.2, 0.25) is 11.1 Å². The Morgan fingerprint density at radius 2 is 1.90 bits per heavy atom. The molecule has 39 heavy (non-hydrogen) atoms. The number of ether oxygens (including phenoxy) is 1. The van der Waals surface area contributed by atoms with Crippen molar-refractivity contribution in [2.75, 3.05) is 16.4 Å². The largest absolute Gasteiger partial charge is 0.489 e. The van der Waals surface area contributed by atoms with Crippen LogP contribution in [0.4, 0.5) is 11.6 Å². The molecule has 0 bridgehead atoms. The minimum Gasteiger partial charge on any atom is -0.489 e. The summed E-state index contributed by atoms with van der Waals surface area (Å²) >= 11 is 7.62. The van der Waals surface area contributed by atoms with Gasteiger partial charge in [-0.05, 0) is 67.3 Å². The molecule has 1 atom stereocenters. The van der Waals surface area contributed by atoms with E-state index in [4.69, 9.17) is 26.4 Å². The summed E-state index contributed by atoms with van der Waals surface area (Å²) in [5, 5.41) is 12.6. The van der Waals surface area contributed by atoms with Gasteiger partial charge in [-0.3, -0.25) is 4.79 Å². The van der Waals surface area contributed by atoms with Crippen LogP contribution >= 0.6 is 23.4 Å². The molecule has 4 aromatic rings. The molecule has 9 heteroatoms. The van der Waals surface area contributed by atoms with Gasteiger partial charge < -0.3 is 15.4 Å². The Balaban J connectivity index is 1.50. The summed E-state index contributed by atoms with van der Waals surface area (Å²) in [6.45, 7) is 6.40. The predicted molar refractivity (Wildman–Crippen MR) is 158 cm³/mol. The fourth-order valence-corrected chi connectivity index (χ4v) is 5.22. The van der Waals surface area contributed by atoms with Crippen molar-refractivity contribution in [3.8, 4) is 5.75 Å². The zero-order valence-corrected chi connectivity index (χ0v) is 23.6. The second-order valence-corrected chi connectivity index (χ2v) is 10.8. The maximum absolute atomic E-state index is 13.8. The number of nitrogens with one attached hydrogen (secondary N) is 2. The molecule has 1 amide bonds. The number of para-hydroxylation sites is 1. The van der Waals surface area contributed by atoms with Crippen LogP contribution < -0.4 is 15.4 Å². The SMILES string of the molecule is CCCSc1nc2n(n1)C(c1cccc(OCc3ccc(Cl)cc3)c1)C(C(=O)Nc1ccccc1C)=C(C)N2. The summed E-state index contributed by atoms with van der Waals surface area (Å²) in [6, 6.07) is 22.6. The van der Waals surface area contributed by atoms with Crippen LogP contribution in [0.3, 0.4) is 0 Å². The maximum atomic E-state index is 13.8. The van der Waals surface area contributed by atoms with Crippen molar-refractivity contribution in [3.05, 3.63) is 106 Å². The van der Waals surface area contributed by atoms with Crippen molar-refractivity contribution >= 4 is 40.9 Å². The molecule has 0 fully saturated rings. The fraction of sp³-hybridized carbons (Fsp3) is 0.233. The van der Waals surface area contributed by atoms with Gasteiger partial charge in [0.05, 0.1) is 5.57 Å². The van der Waals surface area contributed by atoms with Crippen molar-refractivity contribution in [1.29, 1.82) is 0 Å². The topological polar surface area (TPSA) is 81.1 Å².